The molecule has 0 aliphatic carbocycles. The third-order valence-corrected chi connectivity index (χ3v) is 6.27. The summed E-state index contributed by atoms with van der Waals surface area (Å²) in [5.74, 6) is 1.28. The topological polar surface area (TPSA) is 149 Å². The van der Waals surface area contributed by atoms with Crippen LogP contribution in [0.4, 0.5) is 5.82 Å². The molecule has 2 aliphatic heterocycles. The third-order valence-electron chi connectivity index (χ3n) is 6.27. The molecule has 3 aromatic heterocycles. The predicted molar refractivity (Wildman–Crippen MR) is 128 cm³/mol. The van der Waals surface area contributed by atoms with Gasteiger partial charge in [0.1, 0.15) is 23.7 Å². The second-order valence-electron chi connectivity index (χ2n) is 8.82. The molecule has 188 valence electrons. The van der Waals surface area contributed by atoms with Gasteiger partial charge < -0.3 is 19.9 Å². The zero-order valence-corrected chi connectivity index (χ0v) is 19.7. The van der Waals surface area contributed by atoms with Crippen LogP contribution in [-0.4, -0.2) is 75.3 Å². The van der Waals surface area contributed by atoms with Gasteiger partial charge in [0.25, 0.3) is 5.56 Å². The number of carbonyl (C=O) groups is 2. The quantitative estimate of drug-likeness (QED) is 0.433. The average Bonchev–Trinajstić information content (AvgIpc) is 3.26. The number of Topliss-reactive ketones (excluding diaryl/α,β-unsaturated/α-hetero) is 1. The molecule has 5 heterocycles. The predicted octanol–water partition coefficient (Wildman–Crippen LogP) is -0.155. The number of hydrogen-bond donors (Lipinski definition) is 2. The number of aromatic nitrogens is 4. The van der Waals surface area contributed by atoms with E-state index in [2.05, 4.69) is 20.3 Å². The lowest BCUT2D eigenvalue weighted by molar-refractivity contribution is -0.121. The van der Waals surface area contributed by atoms with Crippen LogP contribution in [-0.2, 0) is 22.6 Å². The Bertz CT molecular complexity index is 1370. The van der Waals surface area contributed by atoms with Crippen molar-refractivity contribution in [3.05, 3.63) is 46.5 Å². The van der Waals surface area contributed by atoms with Crippen molar-refractivity contribution in [3.8, 4) is 11.6 Å². The molecule has 1 amide bonds. The molecule has 1 saturated heterocycles. The Morgan fingerprint density at radius 1 is 1.22 bits per heavy atom. The molecule has 12 nitrogen and oxygen atoms in total. The number of rotatable bonds is 8. The van der Waals surface area contributed by atoms with Gasteiger partial charge in [-0.1, -0.05) is 0 Å². The summed E-state index contributed by atoms with van der Waals surface area (Å²) >= 11 is 0. The van der Waals surface area contributed by atoms with E-state index in [0.717, 1.165) is 0 Å². The molecule has 1 fully saturated rings. The number of amides is 1. The van der Waals surface area contributed by atoms with Crippen LogP contribution in [0, 0.1) is 0 Å². The van der Waals surface area contributed by atoms with Gasteiger partial charge in [-0.05, 0) is 24.6 Å². The van der Waals surface area contributed by atoms with Crippen LogP contribution in [0.2, 0.25) is 0 Å². The molecule has 0 spiro atoms. The molecule has 0 radical (unpaired) electrons. The van der Waals surface area contributed by atoms with Gasteiger partial charge in [0.05, 0.1) is 31.5 Å². The summed E-state index contributed by atoms with van der Waals surface area (Å²) in [4.78, 5) is 51.1. The molecule has 0 saturated carbocycles. The first-order valence-electron chi connectivity index (χ1n) is 11.7. The lowest BCUT2D eigenvalue weighted by Crippen LogP contribution is -2.38. The SMILES string of the molecule is COc1ccc2ncc(=O)n(CC[C@@H](O)CN[C@H]3CC(=O)N(c4ccc5c(n4)CC(=O)CO5)C3)c2n1. The van der Waals surface area contributed by atoms with Gasteiger partial charge in [0.2, 0.25) is 11.8 Å². The number of anilines is 1. The van der Waals surface area contributed by atoms with Crippen LogP contribution in [0.3, 0.4) is 0 Å². The molecule has 2 aliphatic rings. The molecule has 2 atom stereocenters. The fourth-order valence-corrected chi connectivity index (χ4v) is 4.38. The number of aliphatic hydroxyl groups excluding tert-OH is 1. The zero-order valence-electron chi connectivity index (χ0n) is 19.7. The van der Waals surface area contributed by atoms with Crippen LogP contribution in [0.1, 0.15) is 18.5 Å². The van der Waals surface area contributed by atoms with Crippen LogP contribution in [0.5, 0.6) is 11.6 Å². The summed E-state index contributed by atoms with van der Waals surface area (Å²) < 4.78 is 12.0. The molecule has 0 bridgehead atoms. The fraction of sp³-hybridized carbons (Fsp3) is 0.417. The Morgan fingerprint density at radius 3 is 2.92 bits per heavy atom. The summed E-state index contributed by atoms with van der Waals surface area (Å²) in [6.45, 7) is 0.933. The summed E-state index contributed by atoms with van der Waals surface area (Å²) in [5.41, 5.74) is 1.17. The summed E-state index contributed by atoms with van der Waals surface area (Å²) in [6, 6.07) is 6.67. The van der Waals surface area contributed by atoms with E-state index >= 15 is 0 Å². The molecular formula is C24H26N6O6. The van der Waals surface area contributed by atoms with Gasteiger partial charge in [0.15, 0.2) is 11.4 Å². The van der Waals surface area contributed by atoms with Crippen LogP contribution in [0.15, 0.2) is 35.3 Å². The highest BCUT2D eigenvalue weighted by molar-refractivity contribution is 5.95. The van der Waals surface area contributed by atoms with Crippen molar-refractivity contribution in [2.24, 2.45) is 0 Å². The normalized spacial score (nSPS) is 18.3. The van der Waals surface area contributed by atoms with Crippen molar-refractivity contribution < 1.29 is 24.2 Å². The van der Waals surface area contributed by atoms with Gasteiger partial charge in [-0.15, -0.1) is 0 Å². The van der Waals surface area contributed by atoms with E-state index < -0.39 is 6.10 Å². The number of methoxy groups -OCH3 is 1. The van der Waals surface area contributed by atoms with Crippen molar-refractivity contribution in [2.75, 3.05) is 31.7 Å². The minimum Gasteiger partial charge on any atom is -0.484 e. The number of aryl methyl sites for hydroxylation is 1. The standard InChI is InChI=1S/C24H26N6O6/c1-35-21-5-2-17-24(28-21)29(23(34)11-26-17)7-6-15(31)10-25-14-8-22(33)30(12-14)20-4-3-19-18(27-20)9-16(32)13-36-19/h2-5,11,14-15,25,31H,6-10,12-13H2,1H3/t14-,15+/m0/s1. The third kappa shape index (κ3) is 4.90. The Hall–Kier alpha value is -3.90. The average molecular weight is 495 g/mol. The van der Waals surface area contributed by atoms with E-state index in [4.69, 9.17) is 9.47 Å². The molecule has 5 rings (SSSR count). The van der Waals surface area contributed by atoms with Crippen molar-refractivity contribution in [2.45, 2.75) is 38.0 Å². The highest BCUT2D eigenvalue weighted by Gasteiger charge is 2.32. The first kappa shape index (κ1) is 23.8. The lowest BCUT2D eigenvalue weighted by atomic mass is 10.1. The van der Waals surface area contributed by atoms with Gasteiger partial charge >= 0.3 is 0 Å². The fourth-order valence-electron chi connectivity index (χ4n) is 4.38. The van der Waals surface area contributed by atoms with Crippen LogP contribution >= 0.6 is 0 Å². The van der Waals surface area contributed by atoms with Crippen molar-refractivity contribution >= 4 is 28.7 Å². The number of fused-ring (bicyclic) bond motifs is 2. The van der Waals surface area contributed by atoms with Gasteiger partial charge in [-0.2, -0.15) is 4.98 Å². The molecule has 0 unspecified atom stereocenters. The molecule has 0 aromatic carbocycles. The van der Waals surface area contributed by atoms with E-state index in [-0.39, 0.29) is 55.8 Å². The smallest absolute Gasteiger partial charge is 0.270 e. The Morgan fingerprint density at radius 2 is 2.08 bits per heavy atom. The van der Waals surface area contributed by atoms with E-state index in [1.165, 1.54) is 17.9 Å². The van der Waals surface area contributed by atoms with E-state index in [9.17, 15) is 19.5 Å². The maximum atomic E-state index is 12.6. The summed E-state index contributed by atoms with van der Waals surface area (Å²) in [6.07, 6.45) is 1.24. The van der Waals surface area contributed by atoms with Crippen molar-refractivity contribution in [1.82, 2.24) is 24.8 Å². The van der Waals surface area contributed by atoms with E-state index in [1.54, 1.807) is 29.2 Å². The van der Waals surface area contributed by atoms with Crippen LogP contribution < -0.4 is 25.2 Å². The van der Waals surface area contributed by atoms with Gasteiger partial charge in [-0.3, -0.25) is 23.9 Å². The largest absolute Gasteiger partial charge is 0.484 e. The molecule has 3 aromatic rings. The van der Waals surface area contributed by atoms with Gasteiger partial charge in [0, 0.05) is 38.2 Å². The van der Waals surface area contributed by atoms with Crippen molar-refractivity contribution in [1.29, 1.82) is 0 Å². The van der Waals surface area contributed by atoms with Gasteiger partial charge in [-0.25, -0.2) is 9.97 Å². The number of aliphatic hydroxyl groups is 1. The number of nitrogens with zero attached hydrogens (tertiary/aromatic N) is 5. The van der Waals surface area contributed by atoms with Crippen LogP contribution in [0.25, 0.3) is 11.2 Å². The zero-order chi connectivity index (χ0) is 25.2. The van der Waals surface area contributed by atoms with E-state index in [0.29, 0.717) is 47.3 Å². The van der Waals surface area contributed by atoms with Crippen molar-refractivity contribution in [3.63, 3.8) is 0 Å². The minimum absolute atomic E-state index is 0.0434. The first-order valence-corrected chi connectivity index (χ1v) is 11.7. The first-order chi connectivity index (χ1) is 17.4. The monoisotopic (exact) mass is 494 g/mol. The molecule has 12 heteroatoms. The Kier molecular flexibility index (Phi) is 6.61. The number of carbonyl (C=O) groups excluding carboxylic acids is 2. The van der Waals surface area contributed by atoms with E-state index in [1.807, 2.05) is 0 Å². The number of hydrogen-bond acceptors (Lipinski definition) is 10. The number of ether oxygens (including phenoxy) is 2. The molecular weight excluding hydrogens is 468 g/mol. The molecule has 2 N–H and O–H groups in total. The second-order valence-corrected chi connectivity index (χ2v) is 8.82. The second kappa shape index (κ2) is 9.99. The Labute approximate surface area is 205 Å². The summed E-state index contributed by atoms with van der Waals surface area (Å²) in [7, 11) is 1.49. The Balaban J connectivity index is 1.18. The maximum Gasteiger partial charge on any atom is 0.270 e. The lowest BCUT2D eigenvalue weighted by Gasteiger charge is -2.21. The minimum atomic E-state index is -0.750. The number of ketones is 1. The highest BCUT2D eigenvalue weighted by atomic mass is 16.5. The molecule has 36 heavy (non-hydrogen) atoms. The number of nitrogens with one attached hydrogen (secondary N) is 1. The summed E-state index contributed by atoms with van der Waals surface area (Å²) in [5, 5.41) is 13.8. The highest BCUT2D eigenvalue weighted by Crippen LogP contribution is 2.27. The number of pyridine rings is 2. The maximum absolute atomic E-state index is 12.6.